The van der Waals surface area contributed by atoms with Crippen LogP contribution in [-0.2, 0) is 0 Å². The molecule has 0 saturated carbocycles. The van der Waals surface area contributed by atoms with Gasteiger partial charge in [-0.05, 0) is 37.0 Å². The van der Waals surface area contributed by atoms with E-state index in [0.717, 1.165) is 67.3 Å². The predicted molar refractivity (Wildman–Crippen MR) is 127 cm³/mol. The van der Waals surface area contributed by atoms with Crippen LogP contribution in [-0.4, -0.2) is 42.1 Å². The van der Waals surface area contributed by atoms with Crippen LogP contribution in [0.3, 0.4) is 0 Å². The van der Waals surface area contributed by atoms with Gasteiger partial charge in [0.25, 0.3) is 0 Å². The van der Waals surface area contributed by atoms with Crippen LogP contribution in [0.2, 0.25) is 0 Å². The number of anilines is 2. The van der Waals surface area contributed by atoms with Gasteiger partial charge >= 0.3 is 0 Å². The normalized spacial score (nSPS) is 19.6. The number of hydrogen-bond donors (Lipinski definition) is 2. The average molecular weight is 421 g/mol. The number of guanidine groups is 1. The number of nitrogens with one attached hydrogen (secondary N) is 2. The highest BCUT2D eigenvalue weighted by molar-refractivity contribution is 7.14. The molecule has 0 amide bonds. The Balaban J connectivity index is 1.49. The zero-order chi connectivity index (χ0) is 20.8. The first-order chi connectivity index (χ1) is 14.8. The van der Waals surface area contributed by atoms with Gasteiger partial charge in [0.1, 0.15) is 11.5 Å². The van der Waals surface area contributed by atoms with Crippen molar-refractivity contribution in [1.82, 2.24) is 15.3 Å². The minimum Gasteiger partial charge on any atom is -0.356 e. The molecular formula is C23H28N6S. The van der Waals surface area contributed by atoms with Gasteiger partial charge in [0.05, 0.1) is 5.69 Å². The Labute approximate surface area is 182 Å². The summed E-state index contributed by atoms with van der Waals surface area (Å²) in [6, 6.07) is 6.17. The first-order valence-electron chi connectivity index (χ1n) is 10.4. The highest BCUT2D eigenvalue weighted by atomic mass is 32.1. The molecule has 0 spiro atoms. The second-order valence-electron chi connectivity index (χ2n) is 7.45. The third kappa shape index (κ3) is 4.79. The monoisotopic (exact) mass is 420 g/mol. The summed E-state index contributed by atoms with van der Waals surface area (Å²) < 4.78 is 0. The third-order valence-corrected chi connectivity index (χ3v) is 6.14. The summed E-state index contributed by atoms with van der Waals surface area (Å²) in [6.07, 6.45) is 9.24. The molecule has 0 radical (unpaired) electrons. The molecule has 2 aromatic heterocycles. The van der Waals surface area contributed by atoms with Crippen LogP contribution in [0.5, 0.6) is 0 Å². The Morgan fingerprint density at radius 3 is 2.97 bits per heavy atom. The van der Waals surface area contributed by atoms with Crippen molar-refractivity contribution in [3.05, 3.63) is 60.5 Å². The van der Waals surface area contributed by atoms with E-state index in [9.17, 15) is 0 Å². The lowest BCUT2D eigenvalue weighted by Crippen LogP contribution is -2.36. The number of nitrogens with zero attached hydrogens (tertiary/aromatic N) is 4. The molecule has 2 aromatic rings. The molecule has 4 rings (SSSR count). The number of allylic oxidation sites excluding steroid dienone is 3. The Kier molecular flexibility index (Phi) is 6.59. The largest absolute Gasteiger partial charge is 0.356 e. The SMILES string of the molecule is C=C/C=C(\C=C)[C@@H]1CCCN(c2cccc(-c3csc(NC4=NCCCN4)n3)n2)C1. The summed E-state index contributed by atoms with van der Waals surface area (Å²) in [5, 5.41) is 9.40. The van der Waals surface area contributed by atoms with E-state index in [1.165, 1.54) is 12.0 Å². The maximum absolute atomic E-state index is 4.92. The Morgan fingerprint density at radius 2 is 2.17 bits per heavy atom. The second kappa shape index (κ2) is 9.71. The van der Waals surface area contributed by atoms with E-state index in [-0.39, 0.29) is 0 Å². The average Bonchev–Trinajstić information content (AvgIpc) is 3.27. The molecule has 1 fully saturated rings. The summed E-state index contributed by atoms with van der Waals surface area (Å²) in [6.45, 7) is 11.6. The topological polar surface area (TPSA) is 65.4 Å². The van der Waals surface area contributed by atoms with E-state index in [0.29, 0.717) is 5.92 Å². The maximum Gasteiger partial charge on any atom is 0.197 e. The van der Waals surface area contributed by atoms with E-state index in [2.05, 4.69) is 51.9 Å². The number of thiazole rings is 1. The van der Waals surface area contributed by atoms with E-state index in [1.807, 2.05) is 23.6 Å². The van der Waals surface area contributed by atoms with Gasteiger partial charge in [0.2, 0.25) is 0 Å². The number of hydrogen-bond acceptors (Lipinski definition) is 7. The third-order valence-electron chi connectivity index (χ3n) is 5.39. The van der Waals surface area contributed by atoms with Crippen LogP contribution >= 0.6 is 11.3 Å². The zero-order valence-electron chi connectivity index (χ0n) is 17.2. The molecule has 0 aromatic carbocycles. The second-order valence-corrected chi connectivity index (χ2v) is 8.30. The molecule has 6 nitrogen and oxygen atoms in total. The van der Waals surface area contributed by atoms with Crippen LogP contribution in [0.1, 0.15) is 19.3 Å². The molecule has 0 aliphatic carbocycles. The van der Waals surface area contributed by atoms with E-state index < -0.39 is 0 Å². The van der Waals surface area contributed by atoms with Gasteiger partial charge in [0.15, 0.2) is 11.1 Å². The fraction of sp³-hybridized carbons (Fsp3) is 0.348. The predicted octanol–water partition coefficient (Wildman–Crippen LogP) is 4.48. The summed E-state index contributed by atoms with van der Waals surface area (Å²) in [7, 11) is 0. The smallest absolute Gasteiger partial charge is 0.197 e. The van der Waals surface area contributed by atoms with E-state index in [1.54, 1.807) is 11.3 Å². The molecule has 4 heterocycles. The lowest BCUT2D eigenvalue weighted by Gasteiger charge is -2.34. The maximum atomic E-state index is 4.92. The quantitative estimate of drug-likeness (QED) is 0.675. The molecule has 1 atom stereocenters. The number of aromatic nitrogens is 2. The van der Waals surface area contributed by atoms with Gasteiger partial charge in [-0.15, -0.1) is 11.3 Å². The summed E-state index contributed by atoms with van der Waals surface area (Å²) in [5.41, 5.74) is 3.02. The number of rotatable bonds is 6. The van der Waals surface area contributed by atoms with Gasteiger partial charge in [-0.3, -0.25) is 4.99 Å². The van der Waals surface area contributed by atoms with Crippen molar-refractivity contribution < 1.29 is 0 Å². The van der Waals surface area contributed by atoms with Gasteiger partial charge < -0.3 is 15.5 Å². The van der Waals surface area contributed by atoms with Crippen LogP contribution in [0.25, 0.3) is 11.4 Å². The standard InChI is InChI=1S/C23H28N6S/c1-3-8-17(4-2)18-9-6-14-29(15-18)21-11-5-10-19(26-21)20-16-30-23(27-20)28-22-24-12-7-13-25-22/h3-5,8,10-11,16,18H,1-2,6-7,9,12-15H2,(H2,24,25,27,28)/b17-8+/t18-/m1/s1. The minimum absolute atomic E-state index is 0.457. The number of pyridine rings is 1. The molecule has 2 aliphatic rings. The summed E-state index contributed by atoms with van der Waals surface area (Å²) >= 11 is 1.57. The Hall–Kier alpha value is -2.93. The van der Waals surface area contributed by atoms with E-state index >= 15 is 0 Å². The van der Waals surface area contributed by atoms with Crippen molar-refractivity contribution in [3.63, 3.8) is 0 Å². The molecule has 30 heavy (non-hydrogen) atoms. The lowest BCUT2D eigenvalue weighted by atomic mass is 9.90. The lowest BCUT2D eigenvalue weighted by molar-refractivity contribution is 0.470. The zero-order valence-corrected chi connectivity index (χ0v) is 18.0. The first-order valence-corrected chi connectivity index (χ1v) is 11.3. The fourth-order valence-electron chi connectivity index (χ4n) is 3.87. The molecule has 156 valence electrons. The highest BCUT2D eigenvalue weighted by Crippen LogP contribution is 2.29. The Morgan fingerprint density at radius 1 is 1.23 bits per heavy atom. The molecular weight excluding hydrogens is 392 g/mol. The van der Waals surface area contributed by atoms with Crippen molar-refractivity contribution in [2.24, 2.45) is 10.9 Å². The van der Waals surface area contributed by atoms with Gasteiger partial charge in [-0.1, -0.05) is 37.5 Å². The van der Waals surface area contributed by atoms with Gasteiger partial charge in [0, 0.05) is 37.5 Å². The minimum atomic E-state index is 0.457. The molecule has 7 heteroatoms. The first kappa shape index (κ1) is 20.3. The Bertz CT molecular complexity index is 960. The van der Waals surface area contributed by atoms with Crippen molar-refractivity contribution in [2.45, 2.75) is 19.3 Å². The van der Waals surface area contributed by atoms with Crippen LogP contribution in [0.4, 0.5) is 10.9 Å². The number of aliphatic imine (C=N–C) groups is 1. The van der Waals surface area contributed by atoms with Crippen molar-refractivity contribution in [3.8, 4) is 11.4 Å². The van der Waals surface area contributed by atoms with Gasteiger partial charge in [-0.25, -0.2) is 9.97 Å². The molecule has 0 unspecified atom stereocenters. The van der Waals surface area contributed by atoms with Crippen molar-refractivity contribution in [2.75, 3.05) is 36.4 Å². The van der Waals surface area contributed by atoms with Crippen LogP contribution in [0.15, 0.2) is 65.5 Å². The summed E-state index contributed by atoms with van der Waals surface area (Å²) in [5.74, 6) is 2.26. The molecule has 0 bridgehead atoms. The number of piperidine rings is 1. The molecule has 2 N–H and O–H groups in total. The summed E-state index contributed by atoms with van der Waals surface area (Å²) in [4.78, 5) is 16.4. The molecule has 2 aliphatic heterocycles. The molecule has 1 saturated heterocycles. The highest BCUT2D eigenvalue weighted by Gasteiger charge is 2.23. The van der Waals surface area contributed by atoms with Crippen molar-refractivity contribution in [1.29, 1.82) is 0 Å². The van der Waals surface area contributed by atoms with Crippen LogP contribution < -0.4 is 15.5 Å². The van der Waals surface area contributed by atoms with Gasteiger partial charge in [-0.2, -0.15) is 0 Å². The fourth-order valence-corrected chi connectivity index (χ4v) is 4.58. The van der Waals surface area contributed by atoms with Crippen molar-refractivity contribution >= 4 is 28.2 Å². The van der Waals surface area contributed by atoms with Crippen LogP contribution in [0, 0.1) is 5.92 Å². The van der Waals surface area contributed by atoms with E-state index in [4.69, 9.17) is 9.97 Å².